The first kappa shape index (κ1) is 15.2. The number of carbonyl (C=O) groups is 1. The predicted molar refractivity (Wildman–Crippen MR) is 66.7 cm³/mol. The van der Waals surface area contributed by atoms with Crippen LogP contribution in [0.5, 0.6) is 5.75 Å². The quantitative estimate of drug-likeness (QED) is 0.607. The molecule has 1 rings (SSSR count). The van der Waals surface area contributed by atoms with Crippen LogP contribution in [0, 0.1) is 5.82 Å². The van der Waals surface area contributed by atoms with Crippen LogP contribution >= 0.6 is 0 Å². The van der Waals surface area contributed by atoms with Crippen molar-refractivity contribution in [2.75, 3.05) is 17.1 Å². The molecule has 19 heavy (non-hydrogen) atoms. The van der Waals surface area contributed by atoms with E-state index < -0.39 is 33.3 Å². The average Bonchev–Trinajstić information content (AvgIpc) is 2.32. The zero-order chi connectivity index (χ0) is 14.5. The van der Waals surface area contributed by atoms with E-state index in [9.17, 15) is 17.6 Å². The lowest BCUT2D eigenvalue weighted by Gasteiger charge is -2.08. The number of halogens is 1. The zero-order valence-electron chi connectivity index (χ0n) is 10.2. The van der Waals surface area contributed by atoms with Crippen molar-refractivity contribution in [3.63, 3.8) is 0 Å². The van der Waals surface area contributed by atoms with Crippen LogP contribution in [0.3, 0.4) is 0 Å². The Morgan fingerprint density at radius 3 is 2.74 bits per heavy atom. The summed E-state index contributed by atoms with van der Waals surface area (Å²) in [5, 5.41) is 8.96. The number of anilines is 1. The monoisotopic (exact) mass is 291 g/mol. The summed E-state index contributed by atoms with van der Waals surface area (Å²) in [6.45, 7) is 1.79. The third-order valence-corrected chi connectivity index (χ3v) is 3.39. The molecule has 6 nitrogen and oxygen atoms in total. The number of nitrogens with one attached hydrogen (secondary N) is 1. The smallest absolute Gasteiger partial charge is 0.306 e. The highest BCUT2D eigenvalue weighted by Crippen LogP contribution is 2.20. The maximum Gasteiger partial charge on any atom is 0.306 e. The molecule has 0 bridgehead atoms. The maximum absolute atomic E-state index is 13.0. The number of phenolic OH excluding ortho intramolecular Hbond substituents is 1. The number of ether oxygens (including phenoxy) is 1. The van der Waals surface area contributed by atoms with Crippen molar-refractivity contribution in [1.29, 1.82) is 0 Å². The standard InChI is InChI=1S/C11H14FNO5S/c1-2-18-11(15)5-6-19(16,17)13-8-3-4-10(14)9(12)7-8/h3-4,7,13-14H,2,5-6H2,1H3. The van der Waals surface area contributed by atoms with Crippen LogP contribution in [-0.2, 0) is 19.6 Å². The first-order valence-corrected chi connectivity index (χ1v) is 7.14. The Balaban J connectivity index is 2.64. The molecule has 0 aliphatic carbocycles. The number of phenols is 1. The normalized spacial score (nSPS) is 11.1. The fourth-order valence-electron chi connectivity index (χ4n) is 1.25. The average molecular weight is 291 g/mol. The van der Waals surface area contributed by atoms with Gasteiger partial charge in [-0.15, -0.1) is 0 Å². The SMILES string of the molecule is CCOC(=O)CCS(=O)(=O)Nc1ccc(O)c(F)c1. The number of esters is 1. The van der Waals surface area contributed by atoms with Crippen LogP contribution in [0.2, 0.25) is 0 Å². The summed E-state index contributed by atoms with van der Waals surface area (Å²) < 4.78 is 42.9. The van der Waals surface area contributed by atoms with Crippen LogP contribution in [0.4, 0.5) is 10.1 Å². The molecule has 1 aromatic carbocycles. The molecule has 0 aliphatic heterocycles. The summed E-state index contributed by atoms with van der Waals surface area (Å²) in [4.78, 5) is 11.0. The Bertz CT molecular complexity index is 558. The van der Waals surface area contributed by atoms with E-state index in [1.54, 1.807) is 6.92 Å². The lowest BCUT2D eigenvalue weighted by atomic mass is 10.3. The van der Waals surface area contributed by atoms with Crippen molar-refractivity contribution >= 4 is 21.7 Å². The van der Waals surface area contributed by atoms with Gasteiger partial charge in [-0.25, -0.2) is 12.8 Å². The molecule has 106 valence electrons. The molecule has 0 atom stereocenters. The van der Waals surface area contributed by atoms with Gasteiger partial charge in [-0.1, -0.05) is 0 Å². The Morgan fingerprint density at radius 2 is 2.16 bits per heavy atom. The number of benzene rings is 1. The van der Waals surface area contributed by atoms with E-state index in [0.717, 1.165) is 12.1 Å². The Morgan fingerprint density at radius 1 is 1.47 bits per heavy atom. The highest BCUT2D eigenvalue weighted by molar-refractivity contribution is 7.92. The molecule has 0 aliphatic rings. The van der Waals surface area contributed by atoms with E-state index in [0.29, 0.717) is 0 Å². The van der Waals surface area contributed by atoms with Gasteiger partial charge in [0.25, 0.3) is 0 Å². The summed E-state index contributed by atoms with van der Waals surface area (Å²) >= 11 is 0. The van der Waals surface area contributed by atoms with E-state index in [-0.39, 0.29) is 18.7 Å². The second-order valence-electron chi connectivity index (χ2n) is 3.64. The summed E-state index contributed by atoms with van der Waals surface area (Å²) in [6, 6.07) is 3.08. The van der Waals surface area contributed by atoms with Crippen molar-refractivity contribution in [1.82, 2.24) is 0 Å². The minimum absolute atomic E-state index is 0.0286. The van der Waals surface area contributed by atoms with Gasteiger partial charge in [0.1, 0.15) is 0 Å². The van der Waals surface area contributed by atoms with Gasteiger partial charge in [0, 0.05) is 6.07 Å². The molecule has 2 N–H and O–H groups in total. The van der Waals surface area contributed by atoms with Crippen molar-refractivity contribution in [2.45, 2.75) is 13.3 Å². The molecule has 0 heterocycles. The van der Waals surface area contributed by atoms with Crippen LogP contribution in [0.25, 0.3) is 0 Å². The van der Waals surface area contributed by atoms with Gasteiger partial charge in [-0.3, -0.25) is 9.52 Å². The van der Waals surface area contributed by atoms with Gasteiger partial charge in [0.15, 0.2) is 11.6 Å². The predicted octanol–water partition coefficient (Wildman–Crippen LogP) is 1.23. The Kier molecular flexibility index (Phi) is 5.11. The fourth-order valence-corrected chi connectivity index (χ4v) is 2.28. The molecule has 1 aromatic rings. The van der Waals surface area contributed by atoms with Gasteiger partial charge >= 0.3 is 5.97 Å². The number of sulfonamides is 1. The van der Waals surface area contributed by atoms with E-state index in [1.807, 2.05) is 0 Å². The molecule has 0 aromatic heterocycles. The number of hydrogen-bond acceptors (Lipinski definition) is 5. The summed E-state index contributed by atoms with van der Waals surface area (Å²) in [6.07, 6.45) is -0.288. The fraction of sp³-hybridized carbons (Fsp3) is 0.364. The second-order valence-corrected chi connectivity index (χ2v) is 5.48. The van der Waals surface area contributed by atoms with E-state index >= 15 is 0 Å². The highest BCUT2D eigenvalue weighted by Gasteiger charge is 2.14. The molecular formula is C11H14FNO5S. The maximum atomic E-state index is 13.0. The molecule has 0 radical (unpaired) electrons. The lowest BCUT2D eigenvalue weighted by molar-refractivity contribution is -0.142. The van der Waals surface area contributed by atoms with Crippen LogP contribution in [0.15, 0.2) is 18.2 Å². The van der Waals surface area contributed by atoms with E-state index in [4.69, 9.17) is 5.11 Å². The first-order valence-electron chi connectivity index (χ1n) is 5.48. The molecule has 8 heteroatoms. The van der Waals surface area contributed by atoms with Gasteiger partial charge in [-0.2, -0.15) is 0 Å². The molecule has 0 unspecified atom stereocenters. The van der Waals surface area contributed by atoms with Crippen LogP contribution in [-0.4, -0.2) is 31.9 Å². The summed E-state index contributed by atoms with van der Waals surface area (Å²) in [7, 11) is -3.78. The lowest BCUT2D eigenvalue weighted by Crippen LogP contribution is -2.20. The topological polar surface area (TPSA) is 92.7 Å². The molecule has 0 saturated heterocycles. The minimum atomic E-state index is -3.78. The third kappa shape index (κ3) is 5.12. The molecule has 0 saturated carbocycles. The van der Waals surface area contributed by atoms with Gasteiger partial charge in [0.2, 0.25) is 10.0 Å². The molecular weight excluding hydrogens is 277 g/mol. The molecule has 0 spiro atoms. The first-order chi connectivity index (χ1) is 8.84. The minimum Gasteiger partial charge on any atom is -0.505 e. The second kappa shape index (κ2) is 6.37. The van der Waals surface area contributed by atoms with Gasteiger partial charge in [0.05, 0.1) is 24.5 Å². The van der Waals surface area contributed by atoms with Crippen molar-refractivity contribution in [3.8, 4) is 5.75 Å². The van der Waals surface area contributed by atoms with Gasteiger partial charge < -0.3 is 9.84 Å². The zero-order valence-corrected chi connectivity index (χ0v) is 11.0. The summed E-state index contributed by atoms with van der Waals surface area (Å²) in [5.41, 5.74) is -0.0286. The van der Waals surface area contributed by atoms with Crippen LogP contribution in [0.1, 0.15) is 13.3 Å². The Hall–Kier alpha value is -1.83. The number of hydrogen-bond donors (Lipinski definition) is 2. The molecule has 0 fully saturated rings. The summed E-state index contributed by atoms with van der Waals surface area (Å²) in [5.74, 6) is -2.60. The third-order valence-electron chi connectivity index (χ3n) is 2.10. The number of rotatable bonds is 6. The molecule has 0 amide bonds. The highest BCUT2D eigenvalue weighted by atomic mass is 32.2. The Labute approximate surface area is 110 Å². The van der Waals surface area contributed by atoms with Crippen LogP contribution < -0.4 is 4.72 Å². The number of aromatic hydroxyl groups is 1. The van der Waals surface area contributed by atoms with Gasteiger partial charge in [-0.05, 0) is 19.1 Å². The number of carbonyl (C=O) groups excluding carboxylic acids is 1. The van der Waals surface area contributed by atoms with E-state index in [1.165, 1.54) is 6.07 Å². The van der Waals surface area contributed by atoms with E-state index in [2.05, 4.69) is 9.46 Å². The largest absolute Gasteiger partial charge is 0.505 e. The van der Waals surface area contributed by atoms with Crippen molar-refractivity contribution in [3.05, 3.63) is 24.0 Å². The van der Waals surface area contributed by atoms with Crippen molar-refractivity contribution < 1.29 is 27.4 Å². The van der Waals surface area contributed by atoms with Crippen molar-refractivity contribution in [2.24, 2.45) is 0 Å².